The Hall–Kier alpha value is -7.43. The van der Waals surface area contributed by atoms with Crippen LogP contribution in [0.2, 0.25) is 0 Å². The van der Waals surface area contributed by atoms with Crippen molar-refractivity contribution in [2.45, 2.75) is 0 Å². The molecule has 0 N–H and O–H groups in total. The van der Waals surface area contributed by atoms with Gasteiger partial charge in [0.25, 0.3) is 0 Å². The van der Waals surface area contributed by atoms with Gasteiger partial charge in [0.15, 0.2) is 17.5 Å². The summed E-state index contributed by atoms with van der Waals surface area (Å²) in [5, 5.41) is 8.86. The fourth-order valence-corrected chi connectivity index (χ4v) is 7.93. The molecule has 0 aliphatic carbocycles. The van der Waals surface area contributed by atoms with Crippen LogP contribution in [-0.2, 0) is 0 Å². The van der Waals surface area contributed by atoms with Gasteiger partial charge in [-0.25, -0.2) is 15.0 Å². The summed E-state index contributed by atoms with van der Waals surface area (Å²) in [6.45, 7) is 0. The Morgan fingerprint density at radius 3 is 1.51 bits per heavy atom. The first-order chi connectivity index (χ1) is 27.2. The molecule has 0 amide bonds. The second kappa shape index (κ2) is 12.6. The average molecular weight is 702 g/mol. The van der Waals surface area contributed by atoms with Crippen LogP contribution in [0.4, 0.5) is 0 Å². The predicted molar refractivity (Wildman–Crippen MR) is 227 cm³/mol. The molecule has 4 nitrogen and oxygen atoms in total. The van der Waals surface area contributed by atoms with Crippen LogP contribution in [0.3, 0.4) is 0 Å². The molecule has 11 aromatic rings. The van der Waals surface area contributed by atoms with E-state index in [1.165, 1.54) is 27.6 Å². The fraction of sp³-hybridized carbons (Fsp3) is 0. The van der Waals surface area contributed by atoms with E-state index in [0.29, 0.717) is 17.5 Å². The fourth-order valence-electron chi connectivity index (χ4n) is 7.93. The quantitative estimate of drug-likeness (QED) is 0.179. The van der Waals surface area contributed by atoms with Crippen LogP contribution in [0.15, 0.2) is 192 Å². The van der Waals surface area contributed by atoms with Crippen molar-refractivity contribution in [3.05, 3.63) is 188 Å². The van der Waals surface area contributed by atoms with E-state index in [9.17, 15) is 0 Å². The van der Waals surface area contributed by atoms with Crippen molar-refractivity contribution in [1.82, 2.24) is 15.0 Å². The highest BCUT2D eigenvalue weighted by atomic mass is 16.3. The molecule has 0 unspecified atom stereocenters. The summed E-state index contributed by atoms with van der Waals surface area (Å²) in [4.78, 5) is 15.5. The lowest BCUT2D eigenvalue weighted by molar-refractivity contribution is 0.673. The molecule has 0 aliphatic rings. The number of hydrogen-bond acceptors (Lipinski definition) is 4. The van der Waals surface area contributed by atoms with Crippen LogP contribution < -0.4 is 0 Å². The molecule has 2 heterocycles. The zero-order valence-corrected chi connectivity index (χ0v) is 29.6. The summed E-state index contributed by atoms with van der Waals surface area (Å²) in [7, 11) is 0. The first kappa shape index (κ1) is 31.1. The van der Waals surface area contributed by atoms with E-state index in [-0.39, 0.29) is 0 Å². The Balaban J connectivity index is 1.12. The zero-order valence-electron chi connectivity index (χ0n) is 29.6. The smallest absolute Gasteiger partial charge is 0.167 e. The molecule has 0 radical (unpaired) electrons. The number of hydrogen-bond donors (Lipinski definition) is 0. The number of aromatic nitrogens is 3. The summed E-state index contributed by atoms with van der Waals surface area (Å²) >= 11 is 0. The minimum Gasteiger partial charge on any atom is -0.455 e. The summed E-state index contributed by atoms with van der Waals surface area (Å²) < 4.78 is 6.90. The van der Waals surface area contributed by atoms with Crippen molar-refractivity contribution in [2.75, 3.05) is 0 Å². The largest absolute Gasteiger partial charge is 0.455 e. The van der Waals surface area contributed by atoms with Crippen LogP contribution in [0.5, 0.6) is 0 Å². The number of benzene rings is 9. The third-order valence-corrected chi connectivity index (χ3v) is 10.7. The second-order valence-electron chi connectivity index (χ2n) is 14.0. The number of furan rings is 1. The number of rotatable bonds is 5. The lowest BCUT2D eigenvalue weighted by Gasteiger charge is -2.10. The van der Waals surface area contributed by atoms with Gasteiger partial charge in [-0.1, -0.05) is 158 Å². The van der Waals surface area contributed by atoms with Crippen molar-refractivity contribution in [3.63, 3.8) is 0 Å². The summed E-state index contributed by atoms with van der Waals surface area (Å²) in [6.07, 6.45) is 0. The van der Waals surface area contributed by atoms with Crippen LogP contribution in [0, 0.1) is 0 Å². The molecular weight excluding hydrogens is 671 g/mol. The van der Waals surface area contributed by atoms with E-state index in [2.05, 4.69) is 182 Å². The molecule has 2 aromatic heterocycles. The molecule has 0 bridgehead atoms. The van der Waals surface area contributed by atoms with Gasteiger partial charge in [0.05, 0.1) is 5.56 Å². The molecule has 0 aliphatic heterocycles. The normalized spacial score (nSPS) is 11.6. The summed E-state index contributed by atoms with van der Waals surface area (Å²) in [6, 6.07) is 65.8. The summed E-state index contributed by atoms with van der Waals surface area (Å²) in [5.74, 6) is 1.77. The van der Waals surface area contributed by atoms with Gasteiger partial charge in [-0.15, -0.1) is 0 Å². The molecule has 11 rings (SSSR count). The van der Waals surface area contributed by atoms with Crippen LogP contribution in [0.1, 0.15) is 0 Å². The highest BCUT2D eigenvalue weighted by Crippen LogP contribution is 2.42. The SMILES string of the molecule is c1ccc(-c2ccc3cc(-c4nc(-c5ccc6ccccc6c5)nc(-c5cccc6c5oc5c7ccccc7c(-c7ccccc7)cc65)n4)ccc3c2)cc1. The minimum absolute atomic E-state index is 0.560. The molecule has 256 valence electrons. The first-order valence-corrected chi connectivity index (χ1v) is 18.5. The molecule has 0 fully saturated rings. The molecular formula is C51H31N3O. The maximum Gasteiger partial charge on any atom is 0.167 e. The zero-order chi connectivity index (χ0) is 36.3. The van der Waals surface area contributed by atoms with Crippen molar-refractivity contribution < 1.29 is 4.42 Å². The highest BCUT2D eigenvalue weighted by Gasteiger charge is 2.20. The third-order valence-electron chi connectivity index (χ3n) is 10.7. The topological polar surface area (TPSA) is 51.8 Å². The van der Waals surface area contributed by atoms with Crippen LogP contribution in [-0.4, -0.2) is 15.0 Å². The molecule has 4 heteroatoms. The molecule has 0 atom stereocenters. The average Bonchev–Trinajstić information content (AvgIpc) is 3.65. The first-order valence-electron chi connectivity index (χ1n) is 18.5. The molecule has 0 saturated heterocycles. The Morgan fingerprint density at radius 2 is 0.782 bits per heavy atom. The lowest BCUT2D eigenvalue weighted by atomic mass is 9.95. The van der Waals surface area contributed by atoms with Gasteiger partial charge < -0.3 is 4.42 Å². The summed E-state index contributed by atoms with van der Waals surface area (Å²) in [5.41, 5.74) is 8.98. The van der Waals surface area contributed by atoms with E-state index < -0.39 is 0 Å². The van der Waals surface area contributed by atoms with Crippen molar-refractivity contribution in [1.29, 1.82) is 0 Å². The highest BCUT2D eigenvalue weighted by molar-refractivity contribution is 6.20. The molecule has 0 spiro atoms. The van der Waals surface area contributed by atoms with Gasteiger partial charge in [0, 0.05) is 27.3 Å². The van der Waals surface area contributed by atoms with Gasteiger partial charge >= 0.3 is 0 Å². The maximum atomic E-state index is 6.90. The van der Waals surface area contributed by atoms with Crippen molar-refractivity contribution in [2.24, 2.45) is 0 Å². The predicted octanol–water partition coefficient (Wildman–Crippen LogP) is 13.6. The standard InChI is InChI=1S/C51H31N3O/c1-3-12-32(13-4-1)36-23-24-38-30-40(27-25-37(38)28-36)50-52-49(39-26-22-33-14-7-8-17-35(33)29-39)53-51(54-50)44-21-11-20-43-46-31-45(34-15-5-2-6-16-34)41-18-9-10-19-42(41)48(46)55-47(43)44/h1-31H. The van der Waals surface area contributed by atoms with Gasteiger partial charge in [0.1, 0.15) is 11.2 Å². The molecule has 55 heavy (non-hydrogen) atoms. The number of fused-ring (bicyclic) bond motifs is 7. The van der Waals surface area contributed by atoms with E-state index in [1.54, 1.807) is 0 Å². The third kappa shape index (κ3) is 5.34. The minimum atomic E-state index is 0.560. The van der Waals surface area contributed by atoms with Gasteiger partial charge in [0.2, 0.25) is 0 Å². The van der Waals surface area contributed by atoms with Gasteiger partial charge in [-0.2, -0.15) is 0 Å². The van der Waals surface area contributed by atoms with Crippen molar-refractivity contribution >= 4 is 54.3 Å². The Labute approximate surface area is 317 Å². The molecule has 0 saturated carbocycles. The number of para-hydroxylation sites is 1. The molecule has 9 aromatic carbocycles. The lowest BCUT2D eigenvalue weighted by Crippen LogP contribution is -2.00. The Kier molecular flexibility index (Phi) is 7.14. The van der Waals surface area contributed by atoms with Crippen LogP contribution in [0.25, 0.3) is 111 Å². The monoisotopic (exact) mass is 701 g/mol. The maximum absolute atomic E-state index is 6.90. The Morgan fingerprint density at radius 1 is 0.273 bits per heavy atom. The van der Waals surface area contributed by atoms with E-state index in [4.69, 9.17) is 19.4 Å². The van der Waals surface area contributed by atoms with Crippen molar-refractivity contribution in [3.8, 4) is 56.4 Å². The van der Waals surface area contributed by atoms with Crippen LogP contribution >= 0.6 is 0 Å². The Bertz CT molecular complexity index is 3260. The number of nitrogens with zero attached hydrogens (tertiary/aromatic N) is 3. The second-order valence-corrected chi connectivity index (χ2v) is 14.0. The van der Waals surface area contributed by atoms with E-state index >= 15 is 0 Å². The van der Waals surface area contributed by atoms with Gasteiger partial charge in [-0.05, 0) is 79.5 Å². The van der Waals surface area contributed by atoms with E-state index in [1.807, 2.05) is 6.07 Å². The van der Waals surface area contributed by atoms with E-state index in [0.717, 1.165) is 65.6 Å². The van der Waals surface area contributed by atoms with Gasteiger partial charge in [-0.3, -0.25) is 0 Å².